The fourth-order valence-electron chi connectivity index (χ4n) is 8.32. The molecule has 0 saturated carbocycles. The number of fused-ring (bicyclic) bond motifs is 2. The van der Waals surface area contributed by atoms with Crippen LogP contribution in [0.2, 0.25) is 0 Å². The predicted octanol–water partition coefficient (Wildman–Crippen LogP) is 15.8. The molecule has 0 saturated heterocycles. The molecule has 0 unspecified atom stereocenters. The summed E-state index contributed by atoms with van der Waals surface area (Å²) in [6.45, 7) is 0. The van der Waals surface area contributed by atoms with Gasteiger partial charge in [0.05, 0.1) is 0 Å². The van der Waals surface area contributed by atoms with Crippen LogP contribution in [0, 0.1) is 0 Å². The van der Waals surface area contributed by atoms with E-state index in [1.807, 2.05) is 0 Å². The molecule has 268 valence electrons. The maximum absolute atomic E-state index is 2.38. The van der Waals surface area contributed by atoms with Crippen molar-refractivity contribution in [2.45, 2.75) is 0 Å². The molecule has 0 amide bonds. The van der Waals surface area contributed by atoms with Crippen molar-refractivity contribution >= 4 is 38.6 Å². The highest BCUT2D eigenvalue weighted by Crippen LogP contribution is 2.43. The second-order valence-electron chi connectivity index (χ2n) is 14.5. The molecule has 0 bridgehead atoms. The second kappa shape index (κ2) is 15.0. The zero-order valence-electron chi connectivity index (χ0n) is 31.5. The zero-order valence-corrected chi connectivity index (χ0v) is 31.5. The molecule has 10 aromatic carbocycles. The Kier molecular flexibility index (Phi) is 8.95. The van der Waals surface area contributed by atoms with E-state index in [1.165, 1.54) is 77.2 Å². The SMILES string of the molecule is c1ccc(-c2ccc(N(c3ccc(-c4cccc5ccccc45)cc3)c3ccc(-c4ccc(-c5ccccc5)c5ccccc45)cc3)cc2-c2ccccc2)cc1. The lowest BCUT2D eigenvalue weighted by Gasteiger charge is -2.27. The number of benzene rings is 10. The van der Waals surface area contributed by atoms with Gasteiger partial charge in [0.2, 0.25) is 0 Å². The van der Waals surface area contributed by atoms with Crippen molar-refractivity contribution in [3.63, 3.8) is 0 Å². The van der Waals surface area contributed by atoms with Crippen molar-refractivity contribution < 1.29 is 0 Å². The third-order valence-electron chi connectivity index (χ3n) is 11.1. The van der Waals surface area contributed by atoms with Crippen LogP contribution in [0.4, 0.5) is 17.1 Å². The van der Waals surface area contributed by atoms with Gasteiger partial charge in [-0.2, -0.15) is 0 Å². The Morgan fingerprint density at radius 1 is 0.211 bits per heavy atom. The first-order chi connectivity index (χ1) is 28.3. The first-order valence-corrected chi connectivity index (χ1v) is 19.6. The average molecular weight is 726 g/mol. The largest absolute Gasteiger partial charge is 0.310 e. The minimum Gasteiger partial charge on any atom is -0.310 e. The molecular weight excluding hydrogens is 687 g/mol. The highest BCUT2D eigenvalue weighted by molar-refractivity contribution is 6.05. The van der Waals surface area contributed by atoms with Gasteiger partial charge in [-0.05, 0) is 114 Å². The third-order valence-corrected chi connectivity index (χ3v) is 11.1. The summed E-state index contributed by atoms with van der Waals surface area (Å²) in [5.41, 5.74) is 15.4. The van der Waals surface area contributed by atoms with Gasteiger partial charge in [0.25, 0.3) is 0 Å². The van der Waals surface area contributed by atoms with Gasteiger partial charge in [-0.1, -0.05) is 200 Å². The van der Waals surface area contributed by atoms with E-state index in [9.17, 15) is 0 Å². The fraction of sp³-hybridized carbons (Fsp3) is 0. The summed E-state index contributed by atoms with van der Waals surface area (Å²) >= 11 is 0. The van der Waals surface area contributed by atoms with Gasteiger partial charge in [0, 0.05) is 17.1 Å². The molecule has 57 heavy (non-hydrogen) atoms. The molecule has 1 nitrogen and oxygen atoms in total. The summed E-state index contributed by atoms with van der Waals surface area (Å²) < 4.78 is 0. The zero-order chi connectivity index (χ0) is 38.0. The Hall–Kier alpha value is -7.48. The second-order valence-corrected chi connectivity index (χ2v) is 14.5. The summed E-state index contributed by atoms with van der Waals surface area (Å²) in [6, 6.07) is 85.6. The van der Waals surface area contributed by atoms with Crippen LogP contribution in [0.5, 0.6) is 0 Å². The van der Waals surface area contributed by atoms with Crippen molar-refractivity contribution in [3.8, 4) is 55.6 Å². The molecule has 0 atom stereocenters. The summed E-state index contributed by atoms with van der Waals surface area (Å²) in [4.78, 5) is 2.38. The molecule has 0 aliphatic heterocycles. The molecule has 0 aliphatic rings. The molecule has 1 heteroatoms. The van der Waals surface area contributed by atoms with E-state index in [1.54, 1.807) is 0 Å². The van der Waals surface area contributed by atoms with Crippen LogP contribution in [-0.2, 0) is 0 Å². The Balaban J connectivity index is 1.10. The van der Waals surface area contributed by atoms with Crippen LogP contribution in [-0.4, -0.2) is 0 Å². The molecule has 10 rings (SSSR count). The number of hydrogen-bond acceptors (Lipinski definition) is 1. The van der Waals surface area contributed by atoms with E-state index in [0.29, 0.717) is 0 Å². The lowest BCUT2D eigenvalue weighted by Crippen LogP contribution is -2.10. The Labute approximate surface area is 334 Å². The van der Waals surface area contributed by atoms with Crippen molar-refractivity contribution in [2.24, 2.45) is 0 Å². The quantitative estimate of drug-likeness (QED) is 0.151. The van der Waals surface area contributed by atoms with E-state index < -0.39 is 0 Å². The van der Waals surface area contributed by atoms with Gasteiger partial charge >= 0.3 is 0 Å². The van der Waals surface area contributed by atoms with Crippen molar-refractivity contribution in [2.75, 3.05) is 4.90 Å². The van der Waals surface area contributed by atoms with E-state index in [4.69, 9.17) is 0 Å². The first kappa shape index (κ1) is 34.0. The van der Waals surface area contributed by atoms with Gasteiger partial charge in [0.1, 0.15) is 0 Å². The van der Waals surface area contributed by atoms with Crippen LogP contribution in [0.15, 0.2) is 237 Å². The fourth-order valence-corrected chi connectivity index (χ4v) is 8.32. The van der Waals surface area contributed by atoms with E-state index in [2.05, 4.69) is 241 Å². The maximum atomic E-state index is 2.38. The van der Waals surface area contributed by atoms with E-state index >= 15 is 0 Å². The third kappa shape index (κ3) is 6.56. The monoisotopic (exact) mass is 725 g/mol. The summed E-state index contributed by atoms with van der Waals surface area (Å²) in [6.07, 6.45) is 0. The van der Waals surface area contributed by atoms with Gasteiger partial charge < -0.3 is 4.90 Å². The normalized spacial score (nSPS) is 11.2. The van der Waals surface area contributed by atoms with Crippen LogP contribution in [0.1, 0.15) is 0 Å². The minimum atomic E-state index is 1.09. The lowest BCUT2D eigenvalue weighted by molar-refractivity contribution is 1.28. The smallest absolute Gasteiger partial charge is 0.0468 e. The molecule has 0 N–H and O–H groups in total. The molecule has 10 aromatic rings. The Bertz CT molecular complexity index is 2960. The Morgan fingerprint density at radius 3 is 1.12 bits per heavy atom. The molecule has 0 aromatic heterocycles. The number of rotatable bonds is 8. The van der Waals surface area contributed by atoms with E-state index in [0.717, 1.165) is 17.1 Å². The summed E-state index contributed by atoms with van der Waals surface area (Å²) in [7, 11) is 0. The maximum Gasteiger partial charge on any atom is 0.0468 e. The lowest BCUT2D eigenvalue weighted by atomic mass is 9.92. The van der Waals surface area contributed by atoms with Crippen molar-refractivity contribution in [3.05, 3.63) is 237 Å². The first-order valence-electron chi connectivity index (χ1n) is 19.6. The highest BCUT2D eigenvalue weighted by atomic mass is 15.1. The predicted molar refractivity (Wildman–Crippen MR) is 243 cm³/mol. The molecule has 0 heterocycles. The van der Waals surface area contributed by atoms with Crippen LogP contribution in [0.3, 0.4) is 0 Å². The average Bonchev–Trinajstić information content (AvgIpc) is 3.30. The highest BCUT2D eigenvalue weighted by Gasteiger charge is 2.18. The number of anilines is 3. The van der Waals surface area contributed by atoms with Crippen molar-refractivity contribution in [1.29, 1.82) is 0 Å². The molecule has 0 spiro atoms. The summed E-state index contributed by atoms with van der Waals surface area (Å²) in [5.74, 6) is 0. The molecule has 0 aliphatic carbocycles. The molecular formula is C56H39N. The van der Waals surface area contributed by atoms with Crippen LogP contribution < -0.4 is 4.90 Å². The Morgan fingerprint density at radius 2 is 0.579 bits per heavy atom. The standard InChI is InChI=1S/C56H39N/c1-4-15-40(16-5-1)51-37-38-52(55-25-13-12-24-54(51)55)45-29-33-47(34-30-45)57(46-31-27-44(28-32-46)50-26-14-22-42-21-10-11-23-49(42)50)48-35-36-53(41-17-6-2-7-18-41)56(39-48)43-19-8-3-9-20-43/h1-39H. The molecule has 0 fully saturated rings. The van der Waals surface area contributed by atoms with Gasteiger partial charge in [-0.3, -0.25) is 0 Å². The number of hydrogen-bond donors (Lipinski definition) is 0. The molecule has 0 radical (unpaired) electrons. The number of nitrogens with zero attached hydrogens (tertiary/aromatic N) is 1. The van der Waals surface area contributed by atoms with E-state index in [-0.39, 0.29) is 0 Å². The van der Waals surface area contributed by atoms with Crippen LogP contribution in [0.25, 0.3) is 77.2 Å². The van der Waals surface area contributed by atoms with Gasteiger partial charge in [0.15, 0.2) is 0 Å². The summed E-state index contributed by atoms with van der Waals surface area (Å²) in [5, 5.41) is 5.00. The van der Waals surface area contributed by atoms with Gasteiger partial charge in [-0.25, -0.2) is 0 Å². The van der Waals surface area contributed by atoms with Crippen LogP contribution >= 0.6 is 0 Å². The minimum absolute atomic E-state index is 1.09. The van der Waals surface area contributed by atoms with Gasteiger partial charge in [-0.15, -0.1) is 0 Å². The van der Waals surface area contributed by atoms with Crippen molar-refractivity contribution in [1.82, 2.24) is 0 Å². The topological polar surface area (TPSA) is 3.24 Å².